The predicted octanol–water partition coefficient (Wildman–Crippen LogP) is 3.03. The van der Waals surface area contributed by atoms with Crippen molar-refractivity contribution in [3.8, 4) is 0 Å². The van der Waals surface area contributed by atoms with Crippen molar-refractivity contribution in [2.45, 2.75) is 12.2 Å². The summed E-state index contributed by atoms with van der Waals surface area (Å²) in [6, 6.07) is 6.20. The maximum absolute atomic E-state index is 5.65. The third-order valence-electron chi connectivity index (χ3n) is 2.82. The molecule has 1 atom stereocenters. The molecule has 0 radical (unpaired) electrons. The molecule has 17 heavy (non-hydrogen) atoms. The predicted molar refractivity (Wildman–Crippen MR) is 84.2 cm³/mol. The molecule has 1 fully saturated rings. The van der Waals surface area contributed by atoms with Gasteiger partial charge in [-0.3, -0.25) is 0 Å². The Bertz CT molecular complexity index is 437. The summed E-state index contributed by atoms with van der Waals surface area (Å²) in [7, 11) is 0. The van der Waals surface area contributed by atoms with Crippen LogP contribution in [-0.4, -0.2) is 29.1 Å². The van der Waals surface area contributed by atoms with Gasteiger partial charge in [0.1, 0.15) is 4.99 Å². The quantitative estimate of drug-likeness (QED) is 0.844. The number of rotatable bonds is 2. The zero-order valence-corrected chi connectivity index (χ0v) is 12.9. The number of benzene rings is 1. The molecule has 2 nitrogen and oxygen atoms in total. The first kappa shape index (κ1) is 13.2. The van der Waals surface area contributed by atoms with Crippen molar-refractivity contribution in [1.29, 1.82) is 0 Å². The molecular weight excluding hydrogens is 316 g/mol. The van der Waals surface area contributed by atoms with Crippen molar-refractivity contribution in [1.82, 2.24) is 0 Å². The number of nitrogens with zero attached hydrogens (tertiary/aromatic N) is 1. The first-order valence-corrected chi connectivity index (χ1v) is 7.79. The lowest BCUT2D eigenvalue weighted by atomic mass is 10.2. The van der Waals surface area contributed by atoms with Crippen molar-refractivity contribution < 1.29 is 0 Å². The minimum absolute atomic E-state index is 0.436. The second-order valence-corrected chi connectivity index (χ2v) is 7.00. The van der Waals surface area contributed by atoms with Crippen LogP contribution in [0.25, 0.3) is 0 Å². The molecule has 0 spiro atoms. The van der Waals surface area contributed by atoms with Crippen LogP contribution in [0.15, 0.2) is 22.7 Å². The molecule has 0 saturated carbocycles. The lowest BCUT2D eigenvalue weighted by Crippen LogP contribution is -2.36. The van der Waals surface area contributed by atoms with E-state index in [2.05, 4.69) is 39.9 Å². The molecule has 0 amide bonds. The average molecular weight is 331 g/mol. The van der Waals surface area contributed by atoms with Crippen LogP contribution in [0, 0.1) is 0 Å². The van der Waals surface area contributed by atoms with E-state index in [1.165, 1.54) is 11.4 Å². The van der Waals surface area contributed by atoms with Crippen molar-refractivity contribution in [3.05, 3.63) is 28.2 Å². The summed E-state index contributed by atoms with van der Waals surface area (Å²) in [4.78, 5) is 2.85. The summed E-state index contributed by atoms with van der Waals surface area (Å²) in [6.45, 7) is 4.48. The van der Waals surface area contributed by atoms with Crippen LogP contribution in [0.5, 0.6) is 0 Å². The Labute approximate surface area is 120 Å². The fourth-order valence-corrected chi connectivity index (χ4v) is 3.86. The summed E-state index contributed by atoms with van der Waals surface area (Å²) >= 11 is 10.6. The topological polar surface area (TPSA) is 29.3 Å². The fourth-order valence-electron chi connectivity index (χ4n) is 1.95. The van der Waals surface area contributed by atoms with Gasteiger partial charge in [-0.15, -0.1) is 0 Å². The highest BCUT2D eigenvalue weighted by molar-refractivity contribution is 9.10. The van der Waals surface area contributed by atoms with Gasteiger partial charge < -0.3 is 10.6 Å². The highest BCUT2D eigenvalue weighted by atomic mass is 79.9. The average Bonchev–Trinajstić information content (AvgIpc) is 2.28. The number of halogens is 1. The van der Waals surface area contributed by atoms with E-state index in [4.69, 9.17) is 18.0 Å². The van der Waals surface area contributed by atoms with Gasteiger partial charge >= 0.3 is 0 Å². The Hall–Kier alpha value is -0.260. The Morgan fingerprint density at radius 3 is 2.94 bits per heavy atom. The molecule has 5 heteroatoms. The molecule has 92 valence electrons. The smallest absolute Gasteiger partial charge is 0.105 e. The summed E-state index contributed by atoms with van der Waals surface area (Å²) in [5.41, 5.74) is 7.80. The van der Waals surface area contributed by atoms with Crippen LogP contribution in [-0.2, 0) is 0 Å². The van der Waals surface area contributed by atoms with Gasteiger partial charge in [0.15, 0.2) is 0 Å². The summed E-state index contributed by atoms with van der Waals surface area (Å²) < 4.78 is 0.980. The van der Waals surface area contributed by atoms with E-state index in [9.17, 15) is 0 Å². The standard InChI is InChI=1S/C12H15BrN2S2/c1-8-7-15(4-5-17-8)9-2-3-10(12(14)16)11(13)6-9/h2-3,6,8H,4-5,7H2,1H3,(H2,14,16). The van der Waals surface area contributed by atoms with E-state index in [1.54, 1.807) is 0 Å². The zero-order valence-electron chi connectivity index (χ0n) is 9.65. The van der Waals surface area contributed by atoms with Gasteiger partial charge in [0.25, 0.3) is 0 Å². The van der Waals surface area contributed by atoms with Gasteiger partial charge in [0.05, 0.1) is 0 Å². The Morgan fingerprint density at radius 1 is 1.59 bits per heavy atom. The summed E-state index contributed by atoms with van der Waals surface area (Å²) in [6.07, 6.45) is 0. The Kier molecular flexibility index (Phi) is 4.33. The Morgan fingerprint density at radius 2 is 2.35 bits per heavy atom. The fraction of sp³-hybridized carbons (Fsp3) is 0.417. The number of hydrogen-bond donors (Lipinski definition) is 1. The van der Waals surface area contributed by atoms with Crippen LogP contribution >= 0.6 is 39.9 Å². The minimum atomic E-state index is 0.436. The van der Waals surface area contributed by atoms with E-state index >= 15 is 0 Å². The molecule has 1 heterocycles. The lowest BCUT2D eigenvalue weighted by Gasteiger charge is -2.32. The molecule has 2 N–H and O–H groups in total. The molecule has 0 aromatic heterocycles. The highest BCUT2D eigenvalue weighted by Gasteiger charge is 2.17. The largest absolute Gasteiger partial charge is 0.389 e. The van der Waals surface area contributed by atoms with E-state index < -0.39 is 0 Å². The molecule has 2 rings (SSSR count). The second kappa shape index (κ2) is 5.59. The van der Waals surface area contributed by atoms with Gasteiger partial charge in [0, 0.05) is 39.8 Å². The summed E-state index contributed by atoms with van der Waals surface area (Å²) in [5, 5.41) is 0.692. The maximum Gasteiger partial charge on any atom is 0.105 e. The van der Waals surface area contributed by atoms with Crippen LogP contribution < -0.4 is 10.6 Å². The number of hydrogen-bond acceptors (Lipinski definition) is 3. The third kappa shape index (κ3) is 3.14. The van der Waals surface area contributed by atoms with Gasteiger partial charge in [-0.05, 0) is 34.1 Å². The van der Waals surface area contributed by atoms with Crippen molar-refractivity contribution in [2.75, 3.05) is 23.7 Å². The molecule has 1 aromatic carbocycles. The normalized spacial score (nSPS) is 20.4. The SMILES string of the molecule is CC1CN(c2ccc(C(N)=S)c(Br)c2)CCS1. The number of anilines is 1. The molecule has 1 unspecified atom stereocenters. The van der Waals surface area contributed by atoms with Crippen molar-refractivity contribution >= 4 is 50.6 Å². The van der Waals surface area contributed by atoms with Crippen molar-refractivity contribution in [2.24, 2.45) is 5.73 Å². The van der Waals surface area contributed by atoms with Crippen molar-refractivity contribution in [3.63, 3.8) is 0 Å². The first-order chi connectivity index (χ1) is 8.08. The molecule has 1 aromatic rings. The number of nitrogens with two attached hydrogens (primary N) is 1. The zero-order chi connectivity index (χ0) is 12.4. The van der Waals surface area contributed by atoms with Crippen LogP contribution in [0.3, 0.4) is 0 Å². The highest BCUT2D eigenvalue weighted by Crippen LogP contribution is 2.28. The van der Waals surface area contributed by atoms with Gasteiger partial charge in [-0.25, -0.2) is 0 Å². The van der Waals surface area contributed by atoms with E-state index in [1.807, 2.05) is 17.8 Å². The first-order valence-electron chi connectivity index (χ1n) is 5.54. The van der Waals surface area contributed by atoms with E-state index in [0.717, 1.165) is 23.1 Å². The molecule has 1 aliphatic rings. The van der Waals surface area contributed by atoms with Crippen LogP contribution in [0.1, 0.15) is 12.5 Å². The monoisotopic (exact) mass is 330 g/mol. The second-order valence-electron chi connectivity index (χ2n) is 4.16. The Balaban J connectivity index is 2.22. The number of thiocarbonyl (C=S) groups is 1. The maximum atomic E-state index is 5.65. The molecule has 1 aliphatic heterocycles. The lowest BCUT2D eigenvalue weighted by molar-refractivity contribution is 0.783. The summed E-state index contributed by atoms with van der Waals surface area (Å²) in [5.74, 6) is 1.19. The van der Waals surface area contributed by atoms with Gasteiger partial charge in [0.2, 0.25) is 0 Å². The van der Waals surface area contributed by atoms with Gasteiger partial charge in [-0.1, -0.05) is 19.1 Å². The molecule has 1 saturated heterocycles. The molecule has 0 aliphatic carbocycles. The van der Waals surface area contributed by atoms with E-state index in [0.29, 0.717) is 10.2 Å². The number of thioether (sulfide) groups is 1. The van der Waals surface area contributed by atoms with Gasteiger partial charge in [-0.2, -0.15) is 11.8 Å². The minimum Gasteiger partial charge on any atom is -0.389 e. The third-order valence-corrected chi connectivity index (χ3v) is 4.84. The van der Waals surface area contributed by atoms with E-state index in [-0.39, 0.29) is 0 Å². The van der Waals surface area contributed by atoms with Crippen LogP contribution in [0.2, 0.25) is 0 Å². The molecular formula is C12H15BrN2S2. The molecule has 0 bridgehead atoms. The van der Waals surface area contributed by atoms with Crippen LogP contribution in [0.4, 0.5) is 5.69 Å².